The van der Waals surface area contributed by atoms with Crippen molar-refractivity contribution >= 4 is 11.6 Å². The largest absolute Gasteiger partial charge is 0.490 e. The monoisotopic (exact) mass is 216 g/mol. The summed E-state index contributed by atoms with van der Waals surface area (Å²) in [5.41, 5.74) is 1.86. The Labute approximate surface area is 93.7 Å². The number of aryl methyl sites for hydroxylation is 1. The van der Waals surface area contributed by atoms with Crippen LogP contribution in [0.5, 0.6) is 0 Å². The van der Waals surface area contributed by atoms with E-state index in [9.17, 15) is 9.59 Å². The van der Waals surface area contributed by atoms with Crippen molar-refractivity contribution in [3.8, 4) is 0 Å². The first-order chi connectivity index (χ1) is 7.63. The van der Waals surface area contributed by atoms with Crippen molar-refractivity contribution in [1.29, 1.82) is 0 Å². The van der Waals surface area contributed by atoms with Gasteiger partial charge in [0.15, 0.2) is 11.5 Å². The molecule has 1 aliphatic rings. The van der Waals surface area contributed by atoms with Crippen LogP contribution in [0, 0.1) is 6.92 Å². The van der Waals surface area contributed by atoms with E-state index in [-0.39, 0.29) is 17.3 Å². The lowest BCUT2D eigenvalue weighted by Crippen LogP contribution is -2.18. The van der Waals surface area contributed by atoms with Crippen molar-refractivity contribution in [2.45, 2.75) is 13.8 Å². The predicted octanol–water partition coefficient (Wildman–Crippen LogP) is 2.29. The molecule has 3 nitrogen and oxygen atoms in total. The molecule has 82 valence electrons. The Kier molecular flexibility index (Phi) is 2.60. The average Bonchev–Trinajstić information content (AvgIpc) is 2.26. The summed E-state index contributed by atoms with van der Waals surface area (Å²) in [6.07, 6.45) is 1.27. The normalized spacial score (nSPS) is 14.5. The highest BCUT2D eigenvalue weighted by Gasteiger charge is 2.26. The van der Waals surface area contributed by atoms with Gasteiger partial charge >= 0.3 is 0 Å². The molecule has 2 rings (SSSR count). The van der Waals surface area contributed by atoms with Crippen LogP contribution in [0.4, 0.5) is 0 Å². The van der Waals surface area contributed by atoms with Crippen LogP contribution in [0.25, 0.3) is 0 Å². The van der Waals surface area contributed by atoms with Gasteiger partial charge in [0, 0.05) is 17.2 Å². The van der Waals surface area contributed by atoms with Crippen molar-refractivity contribution in [3.63, 3.8) is 0 Å². The zero-order valence-electron chi connectivity index (χ0n) is 9.24. The topological polar surface area (TPSA) is 43.4 Å². The Morgan fingerprint density at radius 1 is 1.19 bits per heavy atom. The van der Waals surface area contributed by atoms with Crippen molar-refractivity contribution in [1.82, 2.24) is 0 Å². The Morgan fingerprint density at radius 3 is 2.62 bits per heavy atom. The molecule has 16 heavy (non-hydrogen) atoms. The number of fused-ring (bicyclic) bond motifs is 1. The molecule has 0 atom stereocenters. The SMILES string of the molecule is CCOC1=CC(=O)c2cc(C)ccc2C1=O. The van der Waals surface area contributed by atoms with E-state index in [1.807, 2.05) is 13.0 Å². The van der Waals surface area contributed by atoms with Crippen LogP contribution in [-0.2, 0) is 4.74 Å². The van der Waals surface area contributed by atoms with Crippen LogP contribution in [0.3, 0.4) is 0 Å². The maximum atomic E-state index is 11.9. The van der Waals surface area contributed by atoms with E-state index in [1.54, 1.807) is 19.1 Å². The second kappa shape index (κ2) is 3.93. The zero-order chi connectivity index (χ0) is 11.7. The third kappa shape index (κ3) is 1.65. The third-order valence-corrected chi connectivity index (χ3v) is 2.47. The highest BCUT2D eigenvalue weighted by molar-refractivity contribution is 6.23. The van der Waals surface area contributed by atoms with E-state index in [0.717, 1.165) is 5.56 Å². The molecule has 0 N–H and O–H groups in total. The highest BCUT2D eigenvalue weighted by Crippen LogP contribution is 2.22. The van der Waals surface area contributed by atoms with Crippen molar-refractivity contribution in [2.24, 2.45) is 0 Å². The van der Waals surface area contributed by atoms with Crippen LogP contribution in [0.1, 0.15) is 33.2 Å². The van der Waals surface area contributed by atoms with Gasteiger partial charge in [-0.05, 0) is 26.0 Å². The summed E-state index contributed by atoms with van der Waals surface area (Å²) in [4.78, 5) is 23.7. The standard InChI is InChI=1S/C13H12O3/c1-3-16-12-7-11(14)10-6-8(2)4-5-9(10)13(12)15/h4-7H,3H2,1-2H3. The second-order valence-corrected chi connectivity index (χ2v) is 3.68. The molecule has 0 unspecified atom stereocenters. The van der Waals surface area contributed by atoms with Gasteiger partial charge in [0.2, 0.25) is 5.78 Å². The van der Waals surface area contributed by atoms with Crippen LogP contribution >= 0.6 is 0 Å². The molecule has 0 radical (unpaired) electrons. The van der Waals surface area contributed by atoms with Gasteiger partial charge in [-0.15, -0.1) is 0 Å². The lowest BCUT2D eigenvalue weighted by molar-refractivity contribution is 0.0892. The first-order valence-corrected chi connectivity index (χ1v) is 5.17. The summed E-state index contributed by atoms with van der Waals surface area (Å²) < 4.78 is 5.14. The summed E-state index contributed by atoms with van der Waals surface area (Å²) in [6.45, 7) is 4.05. The fourth-order valence-electron chi connectivity index (χ4n) is 1.72. The number of carbonyl (C=O) groups excluding carboxylic acids is 2. The number of ether oxygens (including phenoxy) is 1. The first kappa shape index (κ1) is 10.6. The molecule has 0 amide bonds. The first-order valence-electron chi connectivity index (χ1n) is 5.17. The van der Waals surface area contributed by atoms with Crippen molar-refractivity contribution in [3.05, 3.63) is 46.7 Å². The van der Waals surface area contributed by atoms with Gasteiger partial charge in [-0.3, -0.25) is 9.59 Å². The molecule has 0 bridgehead atoms. The Morgan fingerprint density at radius 2 is 1.94 bits per heavy atom. The Balaban J connectivity index is 2.51. The van der Waals surface area contributed by atoms with Gasteiger partial charge in [0.1, 0.15) is 0 Å². The number of hydrogen-bond donors (Lipinski definition) is 0. The summed E-state index contributed by atoms with van der Waals surface area (Å²) in [7, 11) is 0. The smallest absolute Gasteiger partial charge is 0.228 e. The van der Waals surface area contributed by atoms with Gasteiger partial charge in [-0.25, -0.2) is 0 Å². The minimum Gasteiger partial charge on any atom is -0.490 e. The molecule has 0 aliphatic heterocycles. The van der Waals surface area contributed by atoms with Gasteiger partial charge in [0.05, 0.1) is 6.61 Å². The fraction of sp³-hybridized carbons (Fsp3) is 0.231. The minimum atomic E-state index is -0.212. The van der Waals surface area contributed by atoms with Gasteiger partial charge < -0.3 is 4.74 Å². The van der Waals surface area contributed by atoms with E-state index in [0.29, 0.717) is 17.7 Å². The molecule has 1 aliphatic carbocycles. The van der Waals surface area contributed by atoms with E-state index in [4.69, 9.17) is 4.74 Å². The number of allylic oxidation sites excluding steroid dienone is 2. The predicted molar refractivity (Wildman–Crippen MR) is 59.5 cm³/mol. The molecule has 1 aromatic carbocycles. The molecule has 3 heteroatoms. The van der Waals surface area contributed by atoms with Gasteiger partial charge in [-0.2, -0.15) is 0 Å². The quantitative estimate of drug-likeness (QED) is 0.761. The summed E-state index contributed by atoms with van der Waals surface area (Å²) in [5.74, 6) is -0.234. The lowest BCUT2D eigenvalue weighted by atomic mass is 9.92. The summed E-state index contributed by atoms with van der Waals surface area (Å²) in [5, 5.41) is 0. The van der Waals surface area contributed by atoms with E-state index in [2.05, 4.69) is 0 Å². The molecule has 1 aromatic rings. The lowest BCUT2D eigenvalue weighted by Gasteiger charge is -2.15. The Bertz CT molecular complexity index is 498. The van der Waals surface area contributed by atoms with E-state index >= 15 is 0 Å². The van der Waals surface area contributed by atoms with Crippen molar-refractivity contribution in [2.75, 3.05) is 6.61 Å². The second-order valence-electron chi connectivity index (χ2n) is 3.68. The highest BCUT2D eigenvalue weighted by atomic mass is 16.5. The molecular formula is C13H12O3. The molecule has 0 heterocycles. The number of carbonyl (C=O) groups is 2. The number of Topliss-reactive ketones (excluding diaryl/α,β-unsaturated/α-hetero) is 1. The van der Waals surface area contributed by atoms with Crippen LogP contribution in [0.2, 0.25) is 0 Å². The van der Waals surface area contributed by atoms with E-state index in [1.165, 1.54) is 6.08 Å². The minimum absolute atomic E-state index is 0.142. The fourth-order valence-corrected chi connectivity index (χ4v) is 1.72. The molecule has 0 fully saturated rings. The van der Waals surface area contributed by atoms with E-state index < -0.39 is 0 Å². The summed E-state index contributed by atoms with van der Waals surface area (Å²) in [6, 6.07) is 5.23. The third-order valence-electron chi connectivity index (χ3n) is 2.47. The molecule has 0 aromatic heterocycles. The van der Waals surface area contributed by atoms with Gasteiger partial charge in [0.25, 0.3) is 0 Å². The number of ketones is 2. The molecular weight excluding hydrogens is 204 g/mol. The molecule has 0 spiro atoms. The number of hydrogen-bond acceptors (Lipinski definition) is 3. The van der Waals surface area contributed by atoms with Crippen LogP contribution in [0.15, 0.2) is 30.0 Å². The van der Waals surface area contributed by atoms with Crippen LogP contribution in [-0.4, -0.2) is 18.2 Å². The molecule has 0 saturated heterocycles. The maximum absolute atomic E-state index is 11.9. The van der Waals surface area contributed by atoms with Crippen LogP contribution < -0.4 is 0 Å². The number of rotatable bonds is 2. The van der Waals surface area contributed by atoms with Crippen molar-refractivity contribution < 1.29 is 14.3 Å². The average molecular weight is 216 g/mol. The summed E-state index contributed by atoms with van der Waals surface area (Å²) >= 11 is 0. The van der Waals surface area contributed by atoms with Gasteiger partial charge in [-0.1, -0.05) is 11.6 Å². The zero-order valence-corrected chi connectivity index (χ0v) is 9.24. The molecule has 0 saturated carbocycles. The number of benzene rings is 1. The maximum Gasteiger partial charge on any atom is 0.228 e. The Hall–Kier alpha value is -1.90.